The van der Waals surface area contributed by atoms with Gasteiger partial charge in [0.1, 0.15) is 4.88 Å². The topological polar surface area (TPSA) is 137 Å². The molecule has 0 fully saturated rings. The van der Waals surface area contributed by atoms with Gasteiger partial charge in [0.15, 0.2) is 10.6 Å². The number of aromatic nitrogens is 4. The molecule has 0 radical (unpaired) electrons. The summed E-state index contributed by atoms with van der Waals surface area (Å²) in [6.45, 7) is 0. The molecule has 0 amide bonds. The van der Waals surface area contributed by atoms with Gasteiger partial charge in [0.25, 0.3) is 0 Å². The van der Waals surface area contributed by atoms with Crippen LogP contribution in [0.2, 0.25) is 0 Å². The summed E-state index contributed by atoms with van der Waals surface area (Å²) in [6, 6.07) is 11.0. The number of nitrogens with one attached hydrogen (secondary N) is 1. The number of nitrogens with zero attached hydrogens (tertiary/aromatic N) is 3. The summed E-state index contributed by atoms with van der Waals surface area (Å²) in [4.78, 5) is 34.7. The second-order valence-corrected chi connectivity index (χ2v) is 10.2. The van der Waals surface area contributed by atoms with E-state index in [0.717, 1.165) is 21.8 Å². The first-order chi connectivity index (χ1) is 15.8. The van der Waals surface area contributed by atoms with Crippen LogP contribution in [-0.2, 0) is 9.68 Å². The van der Waals surface area contributed by atoms with E-state index in [0.29, 0.717) is 8.66 Å². The van der Waals surface area contributed by atoms with Gasteiger partial charge in [-0.05, 0) is 42.6 Å². The van der Waals surface area contributed by atoms with Crippen LogP contribution in [-0.4, -0.2) is 44.0 Å². The zero-order valence-electron chi connectivity index (χ0n) is 15.8. The largest absolute Gasteiger partial charge is 0.476 e. The van der Waals surface area contributed by atoms with Crippen molar-refractivity contribution in [2.75, 3.05) is 0 Å². The van der Waals surface area contributed by atoms with Crippen LogP contribution in [0.25, 0.3) is 21.1 Å². The fourth-order valence-electron chi connectivity index (χ4n) is 2.48. The molecule has 0 aliphatic carbocycles. The number of carboxylic acid groups (broad SMARTS) is 1. The number of halogens is 3. The molecule has 1 atom stereocenters. The number of carbonyl (C=O) groups is 2. The van der Waals surface area contributed by atoms with Crippen LogP contribution >= 0.6 is 54.5 Å². The van der Waals surface area contributed by atoms with Crippen LogP contribution < -0.4 is 9.62 Å². The Morgan fingerprint density at radius 1 is 1.18 bits per heavy atom. The predicted molar refractivity (Wildman–Crippen MR) is 122 cm³/mol. The number of H-pyrrole nitrogens is 1. The molecule has 0 saturated heterocycles. The van der Waals surface area contributed by atoms with Gasteiger partial charge in [0.2, 0.25) is 11.6 Å². The van der Waals surface area contributed by atoms with Gasteiger partial charge in [-0.3, -0.25) is 4.89 Å². The molecule has 2 N–H and O–H groups in total. The number of benzene rings is 1. The molecule has 0 spiro atoms. The van der Waals surface area contributed by atoms with Crippen LogP contribution in [0.3, 0.4) is 0 Å². The lowest BCUT2D eigenvalue weighted by molar-refractivity contribution is -0.154. The van der Waals surface area contributed by atoms with Crippen molar-refractivity contribution < 1.29 is 33.6 Å². The molecule has 0 saturated carbocycles. The second-order valence-electron chi connectivity index (χ2n) is 5.98. The van der Waals surface area contributed by atoms with Crippen LogP contribution in [0, 0.1) is 0 Å². The molecule has 4 rings (SSSR count). The lowest BCUT2D eigenvalue weighted by Crippen LogP contribution is -2.22. The Balaban J connectivity index is 1.60. The SMILES string of the molecule is O=C(OOc1cc(-c2ccccc2)sc1-c1nn[nH]n1)c1sc(Br)c(Br)c1OC(F)C(=O)O. The summed E-state index contributed by atoms with van der Waals surface area (Å²) in [7, 11) is 0. The molecule has 3 heterocycles. The quantitative estimate of drug-likeness (QED) is 0.204. The lowest BCUT2D eigenvalue weighted by Gasteiger charge is -2.08. The molecular weight excluding hydrogens is 611 g/mol. The number of aromatic amines is 1. The van der Waals surface area contributed by atoms with Gasteiger partial charge < -0.3 is 9.84 Å². The molecule has 1 aromatic carbocycles. The summed E-state index contributed by atoms with van der Waals surface area (Å²) in [5.41, 5.74) is 0.887. The minimum Gasteiger partial charge on any atom is -0.476 e. The molecule has 0 aliphatic rings. The highest BCUT2D eigenvalue weighted by molar-refractivity contribution is 9.13. The van der Waals surface area contributed by atoms with E-state index < -0.39 is 18.3 Å². The number of alkyl halides is 1. The molecule has 3 aromatic heterocycles. The third-order valence-electron chi connectivity index (χ3n) is 3.88. The Hall–Kier alpha value is -2.88. The van der Waals surface area contributed by atoms with Gasteiger partial charge in [-0.1, -0.05) is 30.3 Å². The van der Waals surface area contributed by atoms with E-state index in [4.69, 9.17) is 19.6 Å². The first-order valence-electron chi connectivity index (χ1n) is 8.68. The molecule has 4 aromatic rings. The van der Waals surface area contributed by atoms with Crippen LogP contribution in [0.1, 0.15) is 9.67 Å². The lowest BCUT2D eigenvalue weighted by atomic mass is 10.2. The van der Waals surface area contributed by atoms with E-state index in [2.05, 4.69) is 52.5 Å². The summed E-state index contributed by atoms with van der Waals surface area (Å²) in [5, 5.41) is 22.5. The van der Waals surface area contributed by atoms with Crippen molar-refractivity contribution in [1.82, 2.24) is 20.6 Å². The number of rotatable bonds is 8. The average molecular weight is 620 g/mol. The highest BCUT2D eigenvalue weighted by Gasteiger charge is 2.30. The Morgan fingerprint density at radius 2 is 1.94 bits per heavy atom. The second kappa shape index (κ2) is 9.94. The van der Waals surface area contributed by atoms with E-state index in [9.17, 15) is 14.0 Å². The average Bonchev–Trinajstić information content (AvgIpc) is 3.54. The number of ether oxygens (including phenoxy) is 1. The highest BCUT2D eigenvalue weighted by Crippen LogP contribution is 2.45. The molecule has 1 unspecified atom stereocenters. The predicted octanol–water partition coefficient (Wildman–Crippen LogP) is 5.09. The zero-order chi connectivity index (χ0) is 23.5. The highest BCUT2D eigenvalue weighted by atomic mass is 79.9. The maximum Gasteiger partial charge on any atom is 0.399 e. The Kier molecular flexibility index (Phi) is 7.02. The number of carbonyl (C=O) groups excluding carboxylic acids is 1. The molecular formula is C18H9Br2FN4O6S2. The standard InChI is InChI=1S/C18H9Br2FN4O6S2/c19-10-11(29-15(21)17(26)27)13(33-14(10)20)18(28)31-30-8-6-9(7-4-2-1-3-5-7)32-12(8)16-22-24-25-23-16/h1-6,15H,(H,26,27)(H,22,23,24,25). The summed E-state index contributed by atoms with van der Waals surface area (Å²) in [6.07, 6.45) is -2.69. The molecule has 15 heteroatoms. The van der Waals surface area contributed by atoms with Gasteiger partial charge in [-0.25, -0.2) is 14.5 Å². The monoisotopic (exact) mass is 618 g/mol. The van der Waals surface area contributed by atoms with E-state index in [1.807, 2.05) is 30.3 Å². The third-order valence-corrected chi connectivity index (χ3v) is 8.42. The van der Waals surface area contributed by atoms with Crippen molar-refractivity contribution in [3.63, 3.8) is 0 Å². The van der Waals surface area contributed by atoms with Crippen molar-refractivity contribution in [3.8, 4) is 32.6 Å². The number of hydrogen-bond donors (Lipinski definition) is 2. The molecule has 10 nitrogen and oxygen atoms in total. The molecule has 0 bridgehead atoms. The molecule has 33 heavy (non-hydrogen) atoms. The Morgan fingerprint density at radius 3 is 2.61 bits per heavy atom. The number of tetrazole rings is 1. The van der Waals surface area contributed by atoms with Crippen LogP contribution in [0.5, 0.6) is 11.5 Å². The van der Waals surface area contributed by atoms with E-state index in [1.54, 1.807) is 6.07 Å². The normalized spacial score (nSPS) is 11.7. The van der Waals surface area contributed by atoms with Crippen molar-refractivity contribution in [1.29, 1.82) is 0 Å². The smallest absolute Gasteiger partial charge is 0.399 e. The van der Waals surface area contributed by atoms with E-state index in [1.165, 1.54) is 11.3 Å². The van der Waals surface area contributed by atoms with Gasteiger partial charge in [0, 0.05) is 10.9 Å². The minimum absolute atomic E-state index is 0.139. The number of aliphatic carboxylic acids is 1. The van der Waals surface area contributed by atoms with Gasteiger partial charge >= 0.3 is 18.3 Å². The first kappa shape index (κ1) is 23.3. The van der Waals surface area contributed by atoms with Crippen molar-refractivity contribution in [3.05, 3.63) is 49.5 Å². The maximum atomic E-state index is 13.6. The summed E-state index contributed by atoms with van der Waals surface area (Å²) in [5.74, 6) is -2.87. The molecule has 0 aliphatic heterocycles. The van der Waals surface area contributed by atoms with E-state index >= 15 is 0 Å². The van der Waals surface area contributed by atoms with Gasteiger partial charge in [0.05, 0.1) is 8.26 Å². The fourth-order valence-corrected chi connectivity index (χ4v) is 5.54. The van der Waals surface area contributed by atoms with Crippen molar-refractivity contribution >= 4 is 66.5 Å². The zero-order valence-corrected chi connectivity index (χ0v) is 20.6. The van der Waals surface area contributed by atoms with Gasteiger partial charge in [-0.15, -0.1) is 32.9 Å². The maximum absolute atomic E-state index is 13.6. The minimum atomic E-state index is -2.69. The Labute approximate surface area is 208 Å². The molecule has 170 valence electrons. The number of hydrogen-bond acceptors (Lipinski definition) is 10. The number of carboxylic acids is 1. The van der Waals surface area contributed by atoms with Crippen molar-refractivity contribution in [2.24, 2.45) is 0 Å². The van der Waals surface area contributed by atoms with E-state index in [-0.39, 0.29) is 26.7 Å². The van der Waals surface area contributed by atoms with Gasteiger partial charge in [-0.2, -0.15) is 9.60 Å². The van der Waals surface area contributed by atoms with Crippen LogP contribution in [0.15, 0.2) is 44.7 Å². The number of thiophene rings is 2. The third kappa shape index (κ3) is 5.05. The Bertz CT molecular complexity index is 1300. The van der Waals surface area contributed by atoms with Crippen LogP contribution in [0.4, 0.5) is 4.39 Å². The summed E-state index contributed by atoms with van der Waals surface area (Å²) >= 11 is 8.41. The van der Waals surface area contributed by atoms with Crippen molar-refractivity contribution in [2.45, 2.75) is 6.36 Å². The summed E-state index contributed by atoms with van der Waals surface area (Å²) < 4.78 is 18.9. The fraction of sp³-hybridized carbons (Fsp3) is 0.0556. The first-order valence-corrected chi connectivity index (χ1v) is 11.9.